The summed E-state index contributed by atoms with van der Waals surface area (Å²) in [5, 5.41) is 14.4. The van der Waals surface area contributed by atoms with E-state index in [1.165, 1.54) is 11.3 Å². The van der Waals surface area contributed by atoms with Gasteiger partial charge in [-0.05, 0) is 12.1 Å². The summed E-state index contributed by atoms with van der Waals surface area (Å²) < 4.78 is 11.9. The van der Waals surface area contributed by atoms with E-state index in [2.05, 4.69) is 10.3 Å². The summed E-state index contributed by atoms with van der Waals surface area (Å²) in [6.07, 6.45) is -0.0884. The van der Waals surface area contributed by atoms with Crippen LogP contribution in [-0.2, 0) is 4.74 Å². The molecule has 0 spiro atoms. The molecule has 2 aromatic rings. The van der Waals surface area contributed by atoms with Crippen LogP contribution >= 0.6 is 11.3 Å². The Morgan fingerprint density at radius 3 is 3.25 bits per heavy atom. The molecule has 0 saturated carbocycles. The minimum absolute atomic E-state index is 0.0764. The van der Waals surface area contributed by atoms with Crippen LogP contribution in [0.25, 0.3) is 10.2 Å². The number of hydrogen-bond acceptors (Lipinski definition) is 7. The van der Waals surface area contributed by atoms with Gasteiger partial charge in [0.1, 0.15) is 12.7 Å². The lowest BCUT2D eigenvalue weighted by molar-refractivity contribution is -0.384. The third-order valence-electron chi connectivity index (χ3n) is 3.05. The summed E-state index contributed by atoms with van der Waals surface area (Å²) in [4.78, 5) is 14.8. The van der Waals surface area contributed by atoms with Gasteiger partial charge in [0, 0.05) is 13.1 Å². The monoisotopic (exact) mass is 295 g/mol. The summed E-state index contributed by atoms with van der Waals surface area (Å²) in [7, 11) is 0. The highest BCUT2D eigenvalue weighted by molar-refractivity contribution is 7.16. The van der Waals surface area contributed by atoms with Crippen molar-refractivity contribution >= 4 is 27.2 Å². The number of fused-ring (bicyclic) bond motifs is 1. The topological polar surface area (TPSA) is 86.5 Å². The number of ether oxygens (including phenoxy) is 2. The summed E-state index contributed by atoms with van der Waals surface area (Å²) >= 11 is 1.37. The second kappa shape index (κ2) is 5.70. The first kappa shape index (κ1) is 13.2. The van der Waals surface area contributed by atoms with Gasteiger partial charge in [-0.1, -0.05) is 0 Å². The Hall–Kier alpha value is -1.77. The van der Waals surface area contributed by atoms with Gasteiger partial charge in [-0.3, -0.25) is 10.1 Å². The first-order valence-corrected chi connectivity index (χ1v) is 7.09. The first-order chi connectivity index (χ1) is 9.75. The van der Waals surface area contributed by atoms with Crippen molar-refractivity contribution < 1.29 is 14.4 Å². The van der Waals surface area contributed by atoms with Crippen LogP contribution in [-0.4, -0.2) is 42.3 Å². The van der Waals surface area contributed by atoms with Crippen LogP contribution in [0.5, 0.6) is 5.75 Å². The molecule has 3 rings (SSSR count). The fourth-order valence-corrected chi connectivity index (χ4v) is 2.78. The lowest BCUT2D eigenvalue weighted by Gasteiger charge is -2.23. The molecule has 1 aliphatic rings. The summed E-state index contributed by atoms with van der Waals surface area (Å²) in [5.41, 5.74) is 1.89. The van der Waals surface area contributed by atoms with Crippen molar-refractivity contribution in [3.05, 3.63) is 27.8 Å². The van der Waals surface area contributed by atoms with Crippen LogP contribution in [0.3, 0.4) is 0 Å². The fraction of sp³-hybridized carbons (Fsp3) is 0.417. The minimum Gasteiger partial charge on any atom is -0.484 e. The highest BCUT2D eigenvalue weighted by atomic mass is 32.1. The summed E-state index contributed by atoms with van der Waals surface area (Å²) in [5.74, 6) is 0.238. The van der Waals surface area contributed by atoms with E-state index >= 15 is 0 Å². The van der Waals surface area contributed by atoms with Crippen LogP contribution in [0.4, 0.5) is 5.69 Å². The van der Waals surface area contributed by atoms with E-state index < -0.39 is 4.92 Å². The van der Waals surface area contributed by atoms with Gasteiger partial charge in [0.15, 0.2) is 11.3 Å². The number of rotatable bonds is 4. The average molecular weight is 295 g/mol. The van der Waals surface area contributed by atoms with E-state index in [1.54, 1.807) is 17.6 Å². The number of hydrogen-bond donors (Lipinski definition) is 1. The van der Waals surface area contributed by atoms with E-state index in [1.807, 2.05) is 0 Å². The molecule has 0 radical (unpaired) electrons. The van der Waals surface area contributed by atoms with Gasteiger partial charge in [-0.25, -0.2) is 4.98 Å². The summed E-state index contributed by atoms with van der Waals surface area (Å²) in [6, 6.07) is 3.41. The number of nitro groups is 1. The highest BCUT2D eigenvalue weighted by Gasteiger charge is 2.23. The number of nitrogens with zero attached hydrogens (tertiary/aromatic N) is 2. The molecule has 7 nitrogen and oxygen atoms in total. The molecule has 0 bridgehead atoms. The van der Waals surface area contributed by atoms with E-state index in [9.17, 15) is 10.1 Å². The number of aromatic nitrogens is 1. The molecule has 20 heavy (non-hydrogen) atoms. The van der Waals surface area contributed by atoms with Gasteiger partial charge < -0.3 is 14.8 Å². The molecule has 1 fully saturated rings. The van der Waals surface area contributed by atoms with Crippen LogP contribution in [0.15, 0.2) is 17.6 Å². The molecule has 1 unspecified atom stereocenters. The van der Waals surface area contributed by atoms with Crippen molar-refractivity contribution in [3.8, 4) is 5.75 Å². The molecule has 8 heteroatoms. The number of nitrogens with one attached hydrogen (secondary N) is 1. The molecule has 1 N–H and O–H groups in total. The zero-order valence-electron chi connectivity index (χ0n) is 10.6. The van der Waals surface area contributed by atoms with Gasteiger partial charge >= 0.3 is 5.69 Å². The van der Waals surface area contributed by atoms with Gasteiger partial charge in [0.25, 0.3) is 0 Å². The van der Waals surface area contributed by atoms with Gasteiger partial charge in [0.05, 0.1) is 21.7 Å². The number of thiazole rings is 1. The largest absolute Gasteiger partial charge is 0.484 e. The maximum absolute atomic E-state index is 11.2. The van der Waals surface area contributed by atoms with Gasteiger partial charge in [0.2, 0.25) is 0 Å². The molecule has 106 valence electrons. The molecule has 1 saturated heterocycles. The predicted molar refractivity (Wildman–Crippen MR) is 74.4 cm³/mol. The lowest BCUT2D eigenvalue weighted by atomic mass is 10.2. The molecule has 0 amide bonds. The van der Waals surface area contributed by atoms with Gasteiger partial charge in [-0.15, -0.1) is 11.3 Å². The van der Waals surface area contributed by atoms with E-state index in [0.29, 0.717) is 18.7 Å². The SMILES string of the molecule is O=[N+]([O-])c1c(OCC2CNCCO2)ccc2scnc12. The average Bonchev–Trinajstić information content (AvgIpc) is 2.93. The number of morpholine rings is 1. The Morgan fingerprint density at radius 1 is 1.60 bits per heavy atom. The maximum atomic E-state index is 11.2. The second-order valence-corrected chi connectivity index (χ2v) is 5.26. The van der Waals surface area contributed by atoms with Crippen LogP contribution in [0.2, 0.25) is 0 Å². The zero-order valence-corrected chi connectivity index (χ0v) is 11.4. The smallest absolute Gasteiger partial charge is 0.337 e. The van der Waals surface area contributed by atoms with E-state index in [-0.39, 0.29) is 24.1 Å². The van der Waals surface area contributed by atoms with Crippen molar-refractivity contribution in [2.45, 2.75) is 6.10 Å². The van der Waals surface area contributed by atoms with Gasteiger partial charge in [-0.2, -0.15) is 0 Å². The first-order valence-electron chi connectivity index (χ1n) is 6.21. The zero-order chi connectivity index (χ0) is 13.9. The minimum atomic E-state index is -0.447. The molecular formula is C12H13N3O4S. The Morgan fingerprint density at radius 2 is 2.50 bits per heavy atom. The number of nitro benzene ring substituents is 1. The second-order valence-electron chi connectivity index (χ2n) is 4.38. The van der Waals surface area contributed by atoms with Crippen LogP contribution in [0.1, 0.15) is 0 Å². The van der Waals surface area contributed by atoms with E-state index in [0.717, 1.165) is 11.2 Å². The highest BCUT2D eigenvalue weighted by Crippen LogP contribution is 2.36. The van der Waals surface area contributed by atoms with Crippen LogP contribution < -0.4 is 10.1 Å². The van der Waals surface area contributed by atoms with Crippen molar-refractivity contribution in [3.63, 3.8) is 0 Å². The number of benzene rings is 1. The lowest BCUT2D eigenvalue weighted by Crippen LogP contribution is -2.41. The van der Waals surface area contributed by atoms with Crippen molar-refractivity contribution in [1.29, 1.82) is 0 Å². The maximum Gasteiger partial charge on any atom is 0.337 e. The fourth-order valence-electron chi connectivity index (χ4n) is 2.10. The standard InChI is InChI=1S/C12H13N3O4S/c16-15(17)12-9(1-2-10-11(12)14-7-20-10)19-6-8-5-13-3-4-18-8/h1-2,7-8,13H,3-6H2. The normalized spacial score (nSPS) is 19.1. The Bertz CT molecular complexity index is 624. The molecule has 2 heterocycles. The third kappa shape index (κ3) is 2.58. The Labute approximate surface area is 118 Å². The molecule has 1 atom stereocenters. The Balaban J connectivity index is 1.82. The molecule has 1 aromatic carbocycles. The molecule has 1 aromatic heterocycles. The Kier molecular flexibility index (Phi) is 3.77. The molecular weight excluding hydrogens is 282 g/mol. The third-order valence-corrected chi connectivity index (χ3v) is 3.84. The van der Waals surface area contributed by atoms with E-state index in [4.69, 9.17) is 9.47 Å². The quantitative estimate of drug-likeness (QED) is 0.680. The van der Waals surface area contributed by atoms with Crippen molar-refractivity contribution in [2.75, 3.05) is 26.3 Å². The molecule has 1 aliphatic heterocycles. The summed E-state index contributed by atoms with van der Waals surface area (Å²) in [6.45, 7) is 2.42. The van der Waals surface area contributed by atoms with Crippen molar-refractivity contribution in [2.24, 2.45) is 0 Å². The molecule has 0 aliphatic carbocycles. The predicted octanol–water partition coefficient (Wildman–Crippen LogP) is 1.57. The van der Waals surface area contributed by atoms with Crippen LogP contribution in [0, 0.1) is 10.1 Å². The van der Waals surface area contributed by atoms with Crippen molar-refractivity contribution in [1.82, 2.24) is 10.3 Å².